The van der Waals surface area contributed by atoms with E-state index in [1.807, 2.05) is 4.90 Å². The third-order valence-corrected chi connectivity index (χ3v) is 9.81. The summed E-state index contributed by atoms with van der Waals surface area (Å²) in [4.78, 5) is 48.3. The van der Waals surface area contributed by atoms with Crippen LogP contribution in [0, 0.1) is 0 Å². The number of aliphatic carboxylic acids is 2. The molecule has 0 aliphatic rings. The largest absolute Gasteiger partial charge is 1.00 e. The van der Waals surface area contributed by atoms with Gasteiger partial charge in [-0.15, -0.1) is 0 Å². The molecule has 0 heterocycles. The van der Waals surface area contributed by atoms with Crippen LogP contribution in [0.25, 0.3) is 0 Å². The molecule has 0 saturated carbocycles. The molecule has 10 heteroatoms. The zero-order chi connectivity index (χ0) is 34.1. The Kier molecular flexibility index (Phi) is 37.6. The molecule has 0 aromatic heterocycles. The van der Waals surface area contributed by atoms with Gasteiger partial charge in [0.25, 0.3) is 0 Å². The SMILES string of the molecule is CCCCCCCCCCCCSCCCCCCC(=O)N(CC)CCCCCCCCCCC(=O)NC(CCC(=O)[O-])C(=O)O.[Na+]. The molecule has 2 amide bonds. The fraction of sp³-hybridized carbons (Fsp3) is 0.892. The zero-order valence-electron chi connectivity index (χ0n) is 30.6. The molecule has 0 aliphatic heterocycles. The average molecular weight is 693 g/mol. The molecule has 0 bridgehead atoms. The Morgan fingerprint density at radius 2 is 1.09 bits per heavy atom. The van der Waals surface area contributed by atoms with E-state index in [4.69, 9.17) is 5.11 Å². The van der Waals surface area contributed by atoms with Crippen molar-refractivity contribution < 1.29 is 58.9 Å². The number of nitrogens with one attached hydrogen (secondary N) is 1. The van der Waals surface area contributed by atoms with E-state index < -0.39 is 24.4 Å². The summed E-state index contributed by atoms with van der Waals surface area (Å²) in [5, 5.41) is 22.0. The number of unbranched alkanes of at least 4 members (excludes halogenated alkanes) is 19. The molecular formula is C37H69N2NaO6S. The number of carbonyl (C=O) groups is 4. The Morgan fingerprint density at radius 1 is 0.638 bits per heavy atom. The van der Waals surface area contributed by atoms with E-state index in [0.717, 1.165) is 70.9 Å². The van der Waals surface area contributed by atoms with Gasteiger partial charge in [0.1, 0.15) is 6.04 Å². The Hall–Kier alpha value is -0.770. The molecule has 2 N–H and O–H groups in total. The smallest absolute Gasteiger partial charge is 0.550 e. The van der Waals surface area contributed by atoms with Gasteiger partial charge in [0, 0.05) is 31.9 Å². The fourth-order valence-corrected chi connectivity index (χ4v) is 6.70. The quantitative estimate of drug-likeness (QED) is 0.0703. The summed E-state index contributed by atoms with van der Waals surface area (Å²) in [6.45, 7) is 5.98. The maximum absolute atomic E-state index is 12.6. The van der Waals surface area contributed by atoms with Gasteiger partial charge in [-0.05, 0) is 63.4 Å². The van der Waals surface area contributed by atoms with E-state index in [-0.39, 0.29) is 48.3 Å². The molecule has 0 aromatic carbocycles. The Bertz CT molecular complexity index is 773. The van der Waals surface area contributed by atoms with Crippen LogP contribution in [0.1, 0.15) is 181 Å². The molecule has 0 radical (unpaired) electrons. The molecule has 0 saturated heterocycles. The van der Waals surface area contributed by atoms with Gasteiger partial charge in [-0.1, -0.05) is 116 Å². The predicted octanol–water partition coefficient (Wildman–Crippen LogP) is 5.05. The molecule has 0 fully saturated rings. The maximum atomic E-state index is 12.6. The predicted molar refractivity (Wildman–Crippen MR) is 190 cm³/mol. The first kappa shape index (κ1) is 48.3. The van der Waals surface area contributed by atoms with Crippen LogP contribution in [0.5, 0.6) is 0 Å². The number of carbonyl (C=O) groups excluding carboxylic acids is 3. The van der Waals surface area contributed by atoms with Gasteiger partial charge >= 0.3 is 35.5 Å². The number of carboxylic acid groups (broad SMARTS) is 2. The van der Waals surface area contributed by atoms with Gasteiger partial charge < -0.3 is 25.2 Å². The van der Waals surface area contributed by atoms with Crippen LogP contribution >= 0.6 is 11.8 Å². The molecule has 0 rings (SSSR count). The second-order valence-corrected chi connectivity index (χ2v) is 14.1. The molecular weight excluding hydrogens is 623 g/mol. The van der Waals surface area contributed by atoms with E-state index >= 15 is 0 Å². The van der Waals surface area contributed by atoms with E-state index in [0.29, 0.717) is 18.7 Å². The number of rotatable bonds is 35. The van der Waals surface area contributed by atoms with Crippen LogP contribution in [0.4, 0.5) is 0 Å². The topological polar surface area (TPSA) is 127 Å². The first-order valence-corrected chi connectivity index (χ1v) is 20.0. The zero-order valence-corrected chi connectivity index (χ0v) is 33.5. The van der Waals surface area contributed by atoms with Gasteiger partial charge in [-0.2, -0.15) is 11.8 Å². The van der Waals surface area contributed by atoms with Crippen LogP contribution in [0.15, 0.2) is 0 Å². The minimum atomic E-state index is -1.33. The minimum absolute atomic E-state index is 0. The van der Waals surface area contributed by atoms with Gasteiger partial charge in [0.15, 0.2) is 0 Å². The standard InChI is InChI=1S/C37H70N2O6S.Na/c1-3-5-6-7-8-9-12-15-19-24-31-46-32-25-20-17-22-27-35(41)39(4-2)30-23-18-14-11-10-13-16-21-26-34(40)38-33(37(44)45)28-29-36(42)43;/h33H,3-32H2,1-2H3,(H,38,40)(H,42,43)(H,44,45);/q;+1/p-1. The molecule has 270 valence electrons. The molecule has 1 unspecified atom stereocenters. The molecule has 47 heavy (non-hydrogen) atoms. The summed E-state index contributed by atoms with van der Waals surface area (Å²) in [6, 6.07) is -1.19. The van der Waals surface area contributed by atoms with E-state index in [2.05, 4.69) is 30.9 Å². The fourth-order valence-electron chi connectivity index (χ4n) is 5.68. The van der Waals surface area contributed by atoms with E-state index in [9.17, 15) is 24.3 Å². The van der Waals surface area contributed by atoms with Crippen molar-refractivity contribution in [3.63, 3.8) is 0 Å². The van der Waals surface area contributed by atoms with Gasteiger partial charge in [0.2, 0.25) is 11.8 Å². The van der Waals surface area contributed by atoms with E-state index in [1.54, 1.807) is 0 Å². The second kappa shape index (κ2) is 36.5. The third kappa shape index (κ3) is 33.5. The van der Waals surface area contributed by atoms with Crippen molar-refractivity contribution in [3.05, 3.63) is 0 Å². The number of carboxylic acids is 2. The van der Waals surface area contributed by atoms with Gasteiger partial charge in [-0.25, -0.2) is 4.79 Å². The first-order valence-electron chi connectivity index (χ1n) is 18.9. The first-order chi connectivity index (χ1) is 22.3. The van der Waals surface area contributed by atoms with Crippen molar-refractivity contribution in [2.24, 2.45) is 0 Å². The minimum Gasteiger partial charge on any atom is -0.550 e. The summed E-state index contributed by atoms with van der Waals surface area (Å²) in [7, 11) is 0. The summed E-state index contributed by atoms with van der Waals surface area (Å²) < 4.78 is 0. The van der Waals surface area contributed by atoms with Crippen LogP contribution in [-0.2, 0) is 19.2 Å². The van der Waals surface area contributed by atoms with Crippen molar-refractivity contribution in [2.45, 2.75) is 187 Å². The van der Waals surface area contributed by atoms with Crippen molar-refractivity contribution in [1.82, 2.24) is 10.2 Å². The molecule has 8 nitrogen and oxygen atoms in total. The molecule has 0 aromatic rings. The Morgan fingerprint density at radius 3 is 1.55 bits per heavy atom. The van der Waals surface area contributed by atoms with Crippen molar-refractivity contribution in [1.29, 1.82) is 0 Å². The average Bonchev–Trinajstić information content (AvgIpc) is 3.03. The van der Waals surface area contributed by atoms with Crippen LogP contribution in [0.2, 0.25) is 0 Å². The normalized spacial score (nSPS) is 11.5. The Balaban J connectivity index is 0. The van der Waals surface area contributed by atoms with Crippen LogP contribution < -0.4 is 40.0 Å². The second-order valence-electron chi connectivity index (χ2n) is 12.9. The van der Waals surface area contributed by atoms with E-state index in [1.165, 1.54) is 88.6 Å². The number of hydrogen-bond acceptors (Lipinski definition) is 6. The number of hydrogen-bond donors (Lipinski definition) is 2. The number of thioether (sulfide) groups is 1. The van der Waals surface area contributed by atoms with Crippen molar-refractivity contribution in [2.75, 3.05) is 24.6 Å². The van der Waals surface area contributed by atoms with Crippen molar-refractivity contribution >= 4 is 35.5 Å². The third-order valence-electron chi connectivity index (χ3n) is 8.66. The maximum Gasteiger partial charge on any atom is 1.00 e. The number of nitrogens with zero attached hydrogens (tertiary/aromatic N) is 1. The van der Waals surface area contributed by atoms with Crippen LogP contribution in [0.3, 0.4) is 0 Å². The van der Waals surface area contributed by atoms with Gasteiger partial charge in [-0.3, -0.25) is 9.59 Å². The summed E-state index contributed by atoms with van der Waals surface area (Å²) in [5.74, 6) is -0.0517. The monoisotopic (exact) mass is 692 g/mol. The summed E-state index contributed by atoms with van der Waals surface area (Å²) in [6.07, 6.45) is 27.1. The molecule has 0 aliphatic carbocycles. The van der Waals surface area contributed by atoms with Crippen LogP contribution in [-0.4, -0.2) is 64.4 Å². The molecule has 1 atom stereocenters. The molecule has 0 spiro atoms. The number of amides is 2. The van der Waals surface area contributed by atoms with Crippen molar-refractivity contribution in [3.8, 4) is 0 Å². The Labute approximate surface area is 314 Å². The summed E-state index contributed by atoms with van der Waals surface area (Å²) >= 11 is 2.11. The summed E-state index contributed by atoms with van der Waals surface area (Å²) in [5.41, 5.74) is 0. The van der Waals surface area contributed by atoms with Gasteiger partial charge in [0.05, 0.1) is 0 Å².